The minimum atomic E-state index is -0.00227. The highest BCUT2D eigenvalue weighted by Crippen LogP contribution is 2.23. The molecule has 98 valence electrons. The van der Waals surface area contributed by atoms with E-state index in [-0.39, 0.29) is 17.3 Å². The van der Waals surface area contributed by atoms with Crippen molar-refractivity contribution in [1.82, 2.24) is 5.32 Å². The van der Waals surface area contributed by atoms with E-state index in [9.17, 15) is 4.79 Å². The van der Waals surface area contributed by atoms with Crippen LogP contribution in [0.4, 0.5) is 0 Å². The standard InChI is InChI=1S/C14H17ClINO/c15-11-7-2-1-3-9-13(11)17-14(18)10-6-4-5-8-12(10)16/h4-6,8,11,13H,1-3,7,9H2,(H,17,18). The zero-order valence-electron chi connectivity index (χ0n) is 10.2. The lowest BCUT2D eigenvalue weighted by atomic mass is 10.1. The Morgan fingerprint density at radius 3 is 2.72 bits per heavy atom. The van der Waals surface area contributed by atoms with Gasteiger partial charge in [-0.05, 0) is 47.6 Å². The molecule has 0 aliphatic heterocycles. The molecule has 2 unspecified atom stereocenters. The molecule has 1 aliphatic rings. The third kappa shape index (κ3) is 3.60. The first kappa shape index (κ1) is 14.1. The molecule has 0 aromatic heterocycles. The summed E-state index contributed by atoms with van der Waals surface area (Å²) >= 11 is 8.53. The molecule has 1 saturated carbocycles. The van der Waals surface area contributed by atoms with E-state index in [0.29, 0.717) is 0 Å². The lowest BCUT2D eigenvalue weighted by Crippen LogP contribution is -2.40. The number of carbonyl (C=O) groups is 1. The van der Waals surface area contributed by atoms with Crippen molar-refractivity contribution in [3.05, 3.63) is 33.4 Å². The summed E-state index contributed by atoms with van der Waals surface area (Å²) in [5.41, 5.74) is 0.742. The van der Waals surface area contributed by atoms with Crippen LogP contribution in [0.15, 0.2) is 24.3 Å². The lowest BCUT2D eigenvalue weighted by Gasteiger charge is -2.21. The third-order valence-electron chi connectivity index (χ3n) is 3.37. The van der Waals surface area contributed by atoms with E-state index in [1.165, 1.54) is 12.8 Å². The Balaban J connectivity index is 2.04. The van der Waals surface area contributed by atoms with E-state index in [1.807, 2.05) is 24.3 Å². The van der Waals surface area contributed by atoms with E-state index < -0.39 is 0 Å². The van der Waals surface area contributed by atoms with Crippen molar-refractivity contribution in [1.29, 1.82) is 0 Å². The maximum Gasteiger partial charge on any atom is 0.252 e. The molecule has 0 heterocycles. The second-order valence-electron chi connectivity index (χ2n) is 4.71. The fourth-order valence-electron chi connectivity index (χ4n) is 2.32. The quantitative estimate of drug-likeness (QED) is 0.472. The number of halogens is 2. The number of benzene rings is 1. The van der Waals surface area contributed by atoms with Crippen LogP contribution in [-0.4, -0.2) is 17.3 Å². The van der Waals surface area contributed by atoms with Crippen molar-refractivity contribution < 1.29 is 4.79 Å². The Labute approximate surface area is 127 Å². The molecule has 1 aliphatic carbocycles. The molecule has 2 rings (SSSR count). The molecule has 1 N–H and O–H groups in total. The van der Waals surface area contributed by atoms with Gasteiger partial charge in [0.25, 0.3) is 5.91 Å². The molecule has 1 aromatic carbocycles. The van der Waals surface area contributed by atoms with E-state index in [1.54, 1.807) is 0 Å². The van der Waals surface area contributed by atoms with Crippen molar-refractivity contribution in [3.8, 4) is 0 Å². The Morgan fingerprint density at radius 2 is 1.94 bits per heavy atom. The second-order valence-corrected chi connectivity index (χ2v) is 6.44. The molecule has 0 spiro atoms. The highest BCUT2D eigenvalue weighted by atomic mass is 127. The maximum absolute atomic E-state index is 12.2. The van der Waals surface area contributed by atoms with Crippen molar-refractivity contribution in [2.75, 3.05) is 0 Å². The lowest BCUT2D eigenvalue weighted by molar-refractivity contribution is 0.0933. The summed E-state index contributed by atoms with van der Waals surface area (Å²) in [6, 6.07) is 7.74. The average Bonchev–Trinajstić information content (AvgIpc) is 2.55. The summed E-state index contributed by atoms with van der Waals surface area (Å²) in [4.78, 5) is 12.2. The van der Waals surface area contributed by atoms with Crippen LogP contribution in [-0.2, 0) is 0 Å². The number of alkyl halides is 1. The smallest absolute Gasteiger partial charge is 0.252 e. The van der Waals surface area contributed by atoms with Crippen molar-refractivity contribution in [3.63, 3.8) is 0 Å². The minimum absolute atomic E-state index is 0.00227. The van der Waals surface area contributed by atoms with Gasteiger partial charge in [-0.15, -0.1) is 11.6 Å². The van der Waals surface area contributed by atoms with Gasteiger partial charge in [-0.2, -0.15) is 0 Å². The van der Waals surface area contributed by atoms with Gasteiger partial charge < -0.3 is 5.32 Å². The molecule has 2 nitrogen and oxygen atoms in total. The second kappa shape index (κ2) is 6.75. The van der Waals surface area contributed by atoms with Gasteiger partial charge in [0.1, 0.15) is 0 Å². The van der Waals surface area contributed by atoms with Crippen LogP contribution in [0, 0.1) is 3.57 Å². The molecular weight excluding hydrogens is 361 g/mol. The van der Waals surface area contributed by atoms with Gasteiger partial charge in [0, 0.05) is 9.61 Å². The van der Waals surface area contributed by atoms with Gasteiger partial charge in [0.15, 0.2) is 0 Å². The molecule has 0 saturated heterocycles. The Kier molecular flexibility index (Phi) is 5.30. The summed E-state index contributed by atoms with van der Waals surface area (Å²) in [6.45, 7) is 0. The van der Waals surface area contributed by atoms with Gasteiger partial charge >= 0.3 is 0 Å². The summed E-state index contributed by atoms with van der Waals surface area (Å²) < 4.78 is 0.979. The third-order valence-corrected chi connectivity index (χ3v) is 4.83. The largest absolute Gasteiger partial charge is 0.348 e. The maximum atomic E-state index is 12.2. The summed E-state index contributed by atoms with van der Waals surface area (Å²) in [6.07, 6.45) is 5.53. The first-order chi connectivity index (χ1) is 8.68. The molecule has 0 bridgehead atoms. The highest BCUT2D eigenvalue weighted by Gasteiger charge is 2.24. The summed E-state index contributed by atoms with van der Waals surface area (Å²) in [5.74, 6) is -0.00227. The molecule has 4 heteroatoms. The van der Waals surface area contributed by atoms with Crippen molar-refractivity contribution in [2.24, 2.45) is 0 Å². The van der Waals surface area contributed by atoms with Crippen LogP contribution < -0.4 is 5.32 Å². The van der Waals surface area contributed by atoms with Crippen LogP contribution in [0.25, 0.3) is 0 Å². The van der Waals surface area contributed by atoms with Crippen LogP contribution in [0.2, 0.25) is 0 Å². The van der Waals surface area contributed by atoms with Crippen LogP contribution in [0.1, 0.15) is 42.5 Å². The first-order valence-corrected chi connectivity index (χ1v) is 7.89. The number of rotatable bonds is 2. The molecule has 1 fully saturated rings. The Hall–Kier alpha value is -0.290. The zero-order valence-corrected chi connectivity index (χ0v) is 13.1. The SMILES string of the molecule is O=C(NC1CCCCCC1Cl)c1ccccc1I. The van der Waals surface area contributed by atoms with Gasteiger partial charge in [0.05, 0.1) is 10.9 Å². The normalized spacial score (nSPS) is 24.3. The van der Waals surface area contributed by atoms with Gasteiger partial charge in [-0.25, -0.2) is 0 Å². The monoisotopic (exact) mass is 377 g/mol. The number of amides is 1. The van der Waals surface area contributed by atoms with Crippen molar-refractivity contribution >= 4 is 40.1 Å². The van der Waals surface area contributed by atoms with Crippen LogP contribution in [0.5, 0.6) is 0 Å². The summed E-state index contributed by atoms with van der Waals surface area (Å²) in [5, 5.41) is 3.16. The average molecular weight is 378 g/mol. The molecule has 0 radical (unpaired) electrons. The van der Waals surface area contributed by atoms with E-state index in [2.05, 4.69) is 27.9 Å². The fraction of sp³-hybridized carbons (Fsp3) is 0.500. The zero-order chi connectivity index (χ0) is 13.0. The molecule has 18 heavy (non-hydrogen) atoms. The number of hydrogen-bond donors (Lipinski definition) is 1. The first-order valence-electron chi connectivity index (χ1n) is 6.38. The minimum Gasteiger partial charge on any atom is -0.348 e. The predicted molar refractivity (Wildman–Crippen MR) is 83.1 cm³/mol. The number of carbonyl (C=O) groups excluding carboxylic acids is 1. The Morgan fingerprint density at radius 1 is 1.22 bits per heavy atom. The summed E-state index contributed by atoms with van der Waals surface area (Å²) in [7, 11) is 0. The molecule has 1 amide bonds. The molecule has 1 aromatic rings. The molecular formula is C14H17ClINO. The van der Waals surface area contributed by atoms with Gasteiger partial charge in [0.2, 0.25) is 0 Å². The van der Waals surface area contributed by atoms with E-state index in [0.717, 1.165) is 28.4 Å². The van der Waals surface area contributed by atoms with Gasteiger partial charge in [-0.1, -0.05) is 31.4 Å². The van der Waals surface area contributed by atoms with E-state index in [4.69, 9.17) is 11.6 Å². The highest BCUT2D eigenvalue weighted by molar-refractivity contribution is 14.1. The predicted octanol–water partition coefficient (Wildman–Crippen LogP) is 3.96. The van der Waals surface area contributed by atoms with Crippen LogP contribution in [0.3, 0.4) is 0 Å². The van der Waals surface area contributed by atoms with Crippen molar-refractivity contribution in [2.45, 2.75) is 43.5 Å². The number of hydrogen-bond acceptors (Lipinski definition) is 1. The molecule has 2 atom stereocenters. The van der Waals surface area contributed by atoms with Gasteiger partial charge in [-0.3, -0.25) is 4.79 Å². The van der Waals surface area contributed by atoms with Crippen LogP contribution >= 0.6 is 34.2 Å². The topological polar surface area (TPSA) is 29.1 Å². The number of nitrogens with one attached hydrogen (secondary N) is 1. The Bertz CT molecular complexity index is 424. The fourth-order valence-corrected chi connectivity index (χ4v) is 3.29. The van der Waals surface area contributed by atoms with E-state index >= 15 is 0 Å².